The van der Waals surface area contributed by atoms with Crippen molar-refractivity contribution in [2.24, 2.45) is 0 Å². The Labute approximate surface area is 150 Å². The van der Waals surface area contributed by atoms with Crippen molar-refractivity contribution >= 4 is 17.7 Å². The zero-order chi connectivity index (χ0) is 18.7. The van der Waals surface area contributed by atoms with Crippen LogP contribution in [0.3, 0.4) is 0 Å². The molecule has 1 heterocycles. The molecule has 0 bridgehead atoms. The zero-order valence-electron chi connectivity index (χ0n) is 14.7. The van der Waals surface area contributed by atoms with Gasteiger partial charge in [0.25, 0.3) is 5.91 Å². The van der Waals surface area contributed by atoms with Crippen LogP contribution in [0.25, 0.3) is 5.69 Å². The number of hydrazine groups is 1. The van der Waals surface area contributed by atoms with E-state index in [2.05, 4.69) is 21.3 Å². The second-order valence-electron chi connectivity index (χ2n) is 6.41. The Morgan fingerprint density at radius 2 is 1.77 bits per heavy atom. The molecule has 0 saturated carbocycles. The number of fused-ring (bicyclic) bond motifs is 1. The monoisotopic (exact) mass is 355 g/mol. The number of para-hydroxylation sites is 1. The molecule has 1 aromatic heterocycles. The maximum atomic E-state index is 12.5. The van der Waals surface area contributed by atoms with Gasteiger partial charge < -0.3 is 5.32 Å². The van der Waals surface area contributed by atoms with E-state index in [1.165, 1.54) is 0 Å². The van der Waals surface area contributed by atoms with Gasteiger partial charge in [-0.2, -0.15) is 5.10 Å². The van der Waals surface area contributed by atoms with Crippen LogP contribution in [0.1, 0.15) is 42.0 Å². The maximum absolute atomic E-state index is 12.5. The lowest BCUT2D eigenvalue weighted by Crippen LogP contribution is -2.50. The quantitative estimate of drug-likeness (QED) is 0.555. The fraction of sp³-hybridized carbons (Fsp3) is 0.333. The van der Waals surface area contributed by atoms with E-state index >= 15 is 0 Å². The van der Waals surface area contributed by atoms with Gasteiger partial charge in [0.15, 0.2) is 5.69 Å². The van der Waals surface area contributed by atoms with Crippen LogP contribution in [-0.2, 0) is 22.4 Å². The van der Waals surface area contributed by atoms with Gasteiger partial charge in [-0.3, -0.25) is 25.2 Å². The highest BCUT2D eigenvalue weighted by atomic mass is 16.2. The highest BCUT2D eigenvalue weighted by Crippen LogP contribution is 2.27. The fourth-order valence-corrected chi connectivity index (χ4v) is 2.96. The predicted octanol–water partition coefficient (Wildman–Crippen LogP) is 0.647. The van der Waals surface area contributed by atoms with E-state index in [1.54, 1.807) is 18.5 Å². The van der Waals surface area contributed by atoms with E-state index < -0.39 is 17.7 Å². The van der Waals surface area contributed by atoms with Gasteiger partial charge in [-0.15, -0.1) is 0 Å². The third-order valence-electron chi connectivity index (χ3n) is 4.06. The molecule has 3 N–H and O–H groups in total. The zero-order valence-corrected chi connectivity index (χ0v) is 14.7. The van der Waals surface area contributed by atoms with E-state index in [0.29, 0.717) is 0 Å². The van der Waals surface area contributed by atoms with Crippen LogP contribution < -0.4 is 16.2 Å². The van der Waals surface area contributed by atoms with Gasteiger partial charge in [-0.25, -0.2) is 4.68 Å². The van der Waals surface area contributed by atoms with Crippen LogP contribution in [-0.4, -0.2) is 33.5 Å². The van der Waals surface area contributed by atoms with Crippen molar-refractivity contribution in [3.63, 3.8) is 0 Å². The van der Waals surface area contributed by atoms with E-state index in [9.17, 15) is 14.4 Å². The topological polar surface area (TPSA) is 105 Å². The maximum Gasteiger partial charge on any atom is 0.327 e. The third-order valence-corrected chi connectivity index (χ3v) is 4.06. The molecule has 3 rings (SSSR count). The molecule has 8 nitrogen and oxygen atoms in total. The van der Waals surface area contributed by atoms with E-state index in [1.807, 2.05) is 30.3 Å². The van der Waals surface area contributed by atoms with Crippen LogP contribution in [0.4, 0.5) is 0 Å². The second-order valence-corrected chi connectivity index (χ2v) is 6.41. The van der Waals surface area contributed by atoms with E-state index in [-0.39, 0.29) is 11.7 Å². The van der Waals surface area contributed by atoms with Gasteiger partial charge in [-0.05, 0) is 45.2 Å². The third kappa shape index (κ3) is 3.58. The molecule has 0 saturated heterocycles. The fourth-order valence-electron chi connectivity index (χ4n) is 2.96. The number of nitrogens with zero attached hydrogens (tertiary/aromatic N) is 2. The van der Waals surface area contributed by atoms with Gasteiger partial charge in [0.2, 0.25) is 0 Å². The molecule has 0 unspecified atom stereocenters. The van der Waals surface area contributed by atoms with Crippen molar-refractivity contribution < 1.29 is 14.4 Å². The molecule has 1 aliphatic carbocycles. The van der Waals surface area contributed by atoms with Crippen LogP contribution in [0, 0.1) is 0 Å². The Balaban J connectivity index is 1.75. The minimum absolute atomic E-state index is 0.172. The summed E-state index contributed by atoms with van der Waals surface area (Å²) in [4.78, 5) is 35.8. The molecular weight excluding hydrogens is 334 g/mol. The van der Waals surface area contributed by atoms with Crippen LogP contribution in [0.2, 0.25) is 0 Å². The number of benzene rings is 1. The predicted molar refractivity (Wildman–Crippen MR) is 94.5 cm³/mol. The lowest BCUT2D eigenvalue weighted by molar-refractivity contribution is -0.139. The van der Waals surface area contributed by atoms with E-state index in [4.69, 9.17) is 0 Å². The van der Waals surface area contributed by atoms with Crippen molar-refractivity contribution in [2.75, 3.05) is 0 Å². The molecule has 1 aliphatic rings. The molecule has 2 aromatic rings. The summed E-state index contributed by atoms with van der Waals surface area (Å²) in [5.41, 5.74) is 7.43. The summed E-state index contributed by atoms with van der Waals surface area (Å²) in [6.07, 6.45) is 2.55. The van der Waals surface area contributed by atoms with Crippen molar-refractivity contribution in [3.05, 3.63) is 47.3 Å². The number of amides is 3. The van der Waals surface area contributed by atoms with Crippen LogP contribution >= 0.6 is 0 Å². The number of nitrogens with one attached hydrogen (secondary N) is 3. The first-order valence-electron chi connectivity index (χ1n) is 8.54. The SMILES string of the molecule is CC(C)NC(=O)C(=O)NNC(=O)c1nn(-c2ccccc2)c2c1CCC2. The summed E-state index contributed by atoms with van der Waals surface area (Å²) in [6, 6.07) is 9.40. The molecule has 0 aliphatic heterocycles. The van der Waals surface area contributed by atoms with Crippen molar-refractivity contribution in [1.29, 1.82) is 0 Å². The normalized spacial score (nSPS) is 12.6. The summed E-state index contributed by atoms with van der Waals surface area (Å²) in [5, 5.41) is 6.88. The summed E-state index contributed by atoms with van der Waals surface area (Å²) in [5.74, 6) is -2.27. The summed E-state index contributed by atoms with van der Waals surface area (Å²) in [7, 11) is 0. The molecule has 0 fully saturated rings. The minimum Gasteiger partial charge on any atom is -0.346 e. The largest absolute Gasteiger partial charge is 0.346 e. The Morgan fingerprint density at radius 1 is 1.04 bits per heavy atom. The number of carbonyl (C=O) groups excluding carboxylic acids is 3. The van der Waals surface area contributed by atoms with Crippen molar-refractivity contribution in [3.8, 4) is 5.69 Å². The molecular formula is C18H21N5O3. The average molecular weight is 355 g/mol. The number of rotatable bonds is 3. The highest BCUT2D eigenvalue weighted by Gasteiger charge is 2.27. The smallest absolute Gasteiger partial charge is 0.327 e. The van der Waals surface area contributed by atoms with Gasteiger partial charge in [0.05, 0.1) is 5.69 Å². The molecule has 1 aromatic carbocycles. The van der Waals surface area contributed by atoms with Crippen molar-refractivity contribution in [2.45, 2.75) is 39.2 Å². The molecule has 26 heavy (non-hydrogen) atoms. The van der Waals surface area contributed by atoms with Crippen LogP contribution in [0.5, 0.6) is 0 Å². The van der Waals surface area contributed by atoms with Gasteiger partial charge >= 0.3 is 11.8 Å². The lowest BCUT2D eigenvalue weighted by Gasteiger charge is -2.09. The van der Waals surface area contributed by atoms with Crippen molar-refractivity contribution in [1.82, 2.24) is 25.9 Å². The van der Waals surface area contributed by atoms with Gasteiger partial charge in [-0.1, -0.05) is 18.2 Å². The Kier molecular flexibility index (Phi) is 5.01. The number of aromatic nitrogens is 2. The lowest BCUT2D eigenvalue weighted by atomic mass is 10.2. The molecule has 0 radical (unpaired) electrons. The summed E-state index contributed by atoms with van der Waals surface area (Å²) in [6.45, 7) is 3.48. The summed E-state index contributed by atoms with van der Waals surface area (Å²) >= 11 is 0. The summed E-state index contributed by atoms with van der Waals surface area (Å²) < 4.78 is 1.77. The second kappa shape index (κ2) is 7.38. The first-order valence-corrected chi connectivity index (χ1v) is 8.54. The number of hydrogen-bond acceptors (Lipinski definition) is 4. The Bertz CT molecular complexity index is 842. The standard InChI is InChI=1S/C18H21N5O3/c1-11(2)19-17(25)18(26)21-20-16(24)15-13-9-6-10-14(13)23(22-15)12-7-4-3-5-8-12/h3-5,7-8,11H,6,9-10H2,1-2H3,(H,19,25)(H,20,24)(H,21,26). The molecule has 0 spiro atoms. The van der Waals surface area contributed by atoms with Gasteiger partial charge in [0.1, 0.15) is 0 Å². The first kappa shape index (κ1) is 17.7. The highest BCUT2D eigenvalue weighted by molar-refractivity contribution is 6.35. The molecule has 3 amide bonds. The number of hydrogen-bond donors (Lipinski definition) is 3. The first-order chi connectivity index (χ1) is 12.5. The molecule has 136 valence electrons. The molecule has 8 heteroatoms. The molecule has 0 atom stereocenters. The van der Waals surface area contributed by atoms with Crippen LogP contribution in [0.15, 0.2) is 30.3 Å². The Morgan fingerprint density at radius 3 is 2.46 bits per heavy atom. The Hall–Kier alpha value is -3.16. The van der Waals surface area contributed by atoms with Gasteiger partial charge in [0, 0.05) is 17.3 Å². The van der Waals surface area contributed by atoms with E-state index in [0.717, 1.165) is 36.2 Å². The number of carbonyl (C=O) groups is 3. The average Bonchev–Trinajstić information content (AvgIpc) is 3.22. The minimum atomic E-state index is -0.925.